The maximum absolute atomic E-state index is 13.1. The van der Waals surface area contributed by atoms with Crippen molar-refractivity contribution in [2.45, 2.75) is 75.5 Å². The summed E-state index contributed by atoms with van der Waals surface area (Å²) in [5.41, 5.74) is 2.54. The Hall–Kier alpha value is -4.49. The molecule has 0 bridgehead atoms. The van der Waals surface area contributed by atoms with Crippen molar-refractivity contribution < 1.29 is 37.4 Å². The van der Waals surface area contributed by atoms with E-state index in [1.54, 1.807) is 6.07 Å². The molecule has 1 aromatic heterocycles. The summed E-state index contributed by atoms with van der Waals surface area (Å²) in [6.45, 7) is 3.86. The number of anilines is 1. The molecule has 3 aromatic rings. The third-order valence-electron chi connectivity index (χ3n) is 10.2. The number of fused-ring (bicyclic) bond motifs is 1. The number of hydrogen-bond donors (Lipinski definition) is 2. The molecule has 3 saturated heterocycles. The highest BCUT2D eigenvalue weighted by Crippen LogP contribution is 2.37. The number of aliphatic hydroxyl groups is 1. The number of alkyl halides is 3. The maximum Gasteiger partial charge on any atom is 0.416 e. The second-order valence-electron chi connectivity index (χ2n) is 13.4. The molecule has 0 saturated carbocycles. The number of benzene rings is 2. The maximum atomic E-state index is 13.1. The van der Waals surface area contributed by atoms with Crippen LogP contribution in [0.5, 0.6) is 5.88 Å². The van der Waals surface area contributed by atoms with Crippen molar-refractivity contribution >= 4 is 23.4 Å². The first-order valence-corrected chi connectivity index (χ1v) is 16.7. The third-order valence-corrected chi connectivity index (χ3v) is 10.2. The number of aromatic nitrogens is 1. The standard InChI is InChI=1S/C36H38F3N5O5/c37-36(38,39)26-9-14-40-32(20-26)49-28-10-15-43(16-11-28)27-4-1-23(2-5-27)21-42-17-12-35(48,13-18-42)25-3-6-29-24(19-25)22-44(34(29)47)30-7-8-31(45)41-33(30)46/h1-6,9,14,19-20,28,30,48H,7-8,10-13,15-18,21-22H2,(H,41,45,46). The van der Waals surface area contributed by atoms with E-state index in [4.69, 9.17) is 4.74 Å². The van der Waals surface area contributed by atoms with Crippen molar-refractivity contribution in [1.29, 1.82) is 0 Å². The van der Waals surface area contributed by atoms with Crippen LogP contribution in [-0.2, 0) is 34.5 Å². The number of halogens is 3. The van der Waals surface area contributed by atoms with Gasteiger partial charge in [-0.1, -0.05) is 24.3 Å². The molecule has 2 aromatic carbocycles. The van der Waals surface area contributed by atoms with E-state index in [-0.39, 0.29) is 36.8 Å². The van der Waals surface area contributed by atoms with Gasteiger partial charge in [0, 0.05) is 82.0 Å². The summed E-state index contributed by atoms with van der Waals surface area (Å²) in [4.78, 5) is 47.1. The monoisotopic (exact) mass is 677 g/mol. The predicted molar refractivity (Wildman–Crippen MR) is 172 cm³/mol. The number of carbonyl (C=O) groups is 3. The highest BCUT2D eigenvalue weighted by molar-refractivity contribution is 6.05. The van der Waals surface area contributed by atoms with Gasteiger partial charge in [-0.25, -0.2) is 4.98 Å². The molecule has 4 aliphatic rings. The topological polar surface area (TPSA) is 115 Å². The highest BCUT2D eigenvalue weighted by Gasteiger charge is 2.41. The summed E-state index contributed by atoms with van der Waals surface area (Å²) < 4.78 is 44.9. The van der Waals surface area contributed by atoms with Crippen LogP contribution in [0.3, 0.4) is 0 Å². The Kier molecular flexibility index (Phi) is 8.82. The Morgan fingerprint density at radius 1 is 0.939 bits per heavy atom. The minimum atomic E-state index is -4.44. The lowest BCUT2D eigenvalue weighted by Gasteiger charge is -2.39. The number of likely N-dealkylation sites (tertiary alicyclic amines) is 1. The lowest BCUT2D eigenvalue weighted by Crippen LogP contribution is -2.52. The molecule has 0 spiro atoms. The lowest BCUT2D eigenvalue weighted by molar-refractivity contribution is -0.138. The van der Waals surface area contributed by atoms with Gasteiger partial charge in [0.1, 0.15) is 12.1 Å². The van der Waals surface area contributed by atoms with Crippen LogP contribution in [0.1, 0.15) is 71.1 Å². The summed E-state index contributed by atoms with van der Waals surface area (Å²) in [7, 11) is 0. The van der Waals surface area contributed by atoms with Crippen LogP contribution in [0.4, 0.5) is 18.9 Å². The quantitative estimate of drug-likeness (QED) is 0.354. The van der Waals surface area contributed by atoms with Gasteiger partial charge >= 0.3 is 6.18 Å². The summed E-state index contributed by atoms with van der Waals surface area (Å²) in [6, 6.07) is 15.1. The van der Waals surface area contributed by atoms with E-state index in [1.165, 1.54) is 4.90 Å². The van der Waals surface area contributed by atoms with Crippen LogP contribution in [0.2, 0.25) is 0 Å². The van der Waals surface area contributed by atoms with Gasteiger partial charge in [0.2, 0.25) is 17.7 Å². The summed E-state index contributed by atoms with van der Waals surface area (Å²) >= 11 is 0. The Morgan fingerprint density at radius 3 is 2.37 bits per heavy atom. The second kappa shape index (κ2) is 13.1. The molecule has 3 fully saturated rings. The van der Waals surface area contributed by atoms with Gasteiger partial charge in [-0.15, -0.1) is 0 Å². The van der Waals surface area contributed by atoms with Gasteiger partial charge in [0.25, 0.3) is 5.91 Å². The molecule has 2 N–H and O–H groups in total. The van der Waals surface area contributed by atoms with Crippen LogP contribution >= 0.6 is 0 Å². The molecular weight excluding hydrogens is 639 g/mol. The van der Waals surface area contributed by atoms with Crippen molar-refractivity contribution in [3.8, 4) is 5.88 Å². The first kappa shape index (κ1) is 33.0. The number of ether oxygens (including phenoxy) is 1. The van der Waals surface area contributed by atoms with E-state index in [9.17, 15) is 32.7 Å². The van der Waals surface area contributed by atoms with Crippen LogP contribution in [0.25, 0.3) is 0 Å². The molecule has 49 heavy (non-hydrogen) atoms. The Labute approximate surface area is 281 Å². The first-order valence-electron chi connectivity index (χ1n) is 16.7. The fourth-order valence-electron chi connectivity index (χ4n) is 7.36. The Balaban J connectivity index is 0.893. The average Bonchev–Trinajstić information content (AvgIpc) is 3.41. The van der Waals surface area contributed by atoms with Crippen molar-refractivity contribution in [3.63, 3.8) is 0 Å². The normalized spacial score (nSPS) is 21.9. The highest BCUT2D eigenvalue weighted by atomic mass is 19.4. The van der Waals surface area contributed by atoms with Crippen LogP contribution < -0.4 is 15.0 Å². The second-order valence-corrected chi connectivity index (χ2v) is 13.4. The number of rotatable bonds is 7. The van der Waals surface area contributed by atoms with Gasteiger partial charge in [-0.2, -0.15) is 13.2 Å². The molecule has 13 heteroatoms. The SMILES string of the molecule is O=C1CCC(N2Cc3cc(C4(O)CCN(Cc5ccc(N6CCC(Oc7cc(C(F)(F)F)ccn7)CC6)cc5)CC4)ccc3C2=O)C(=O)N1. The molecule has 258 valence electrons. The van der Waals surface area contributed by atoms with E-state index < -0.39 is 29.3 Å². The predicted octanol–water partition coefficient (Wildman–Crippen LogP) is 4.39. The van der Waals surface area contributed by atoms with Gasteiger partial charge in [0.05, 0.1) is 11.2 Å². The minimum Gasteiger partial charge on any atom is -0.474 e. The number of amides is 3. The molecule has 5 heterocycles. The largest absolute Gasteiger partial charge is 0.474 e. The smallest absolute Gasteiger partial charge is 0.416 e. The molecule has 3 amide bonds. The molecular formula is C36H38F3N5O5. The number of imide groups is 1. The summed E-state index contributed by atoms with van der Waals surface area (Å²) in [5.74, 6) is -0.996. The van der Waals surface area contributed by atoms with Gasteiger partial charge < -0.3 is 19.6 Å². The molecule has 0 radical (unpaired) electrons. The average molecular weight is 678 g/mol. The van der Waals surface area contributed by atoms with Crippen molar-refractivity contribution in [2.24, 2.45) is 0 Å². The fraction of sp³-hybridized carbons (Fsp3) is 0.444. The van der Waals surface area contributed by atoms with Crippen molar-refractivity contribution in [3.05, 3.63) is 88.6 Å². The van der Waals surface area contributed by atoms with E-state index in [0.717, 1.165) is 60.3 Å². The van der Waals surface area contributed by atoms with Gasteiger partial charge in [-0.3, -0.25) is 24.6 Å². The fourth-order valence-corrected chi connectivity index (χ4v) is 7.36. The van der Waals surface area contributed by atoms with E-state index in [2.05, 4.69) is 44.4 Å². The number of hydrogen-bond acceptors (Lipinski definition) is 8. The lowest BCUT2D eigenvalue weighted by atomic mass is 9.83. The molecule has 10 nitrogen and oxygen atoms in total. The molecule has 4 aliphatic heterocycles. The molecule has 1 atom stereocenters. The number of carbonyl (C=O) groups excluding carboxylic acids is 3. The third kappa shape index (κ3) is 7.00. The van der Waals surface area contributed by atoms with E-state index in [0.29, 0.717) is 50.8 Å². The van der Waals surface area contributed by atoms with Gasteiger partial charge in [-0.05, 0) is 60.2 Å². The first-order chi connectivity index (χ1) is 23.4. The number of nitrogens with one attached hydrogen (secondary N) is 1. The zero-order chi connectivity index (χ0) is 34.3. The van der Waals surface area contributed by atoms with E-state index in [1.807, 2.05) is 12.1 Å². The summed E-state index contributed by atoms with van der Waals surface area (Å²) in [5, 5.41) is 14.0. The zero-order valence-electron chi connectivity index (χ0n) is 26.9. The van der Waals surface area contributed by atoms with E-state index >= 15 is 0 Å². The zero-order valence-corrected chi connectivity index (χ0v) is 26.9. The molecule has 1 unspecified atom stereocenters. The Bertz CT molecular complexity index is 1730. The van der Waals surface area contributed by atoms with Crippen molar-refractivity contribution in [2.75, 3.05) is 31.1 Å². The van der Waals surface area contributed by atoms with Crippen molar-refractivity contribution in [1.82, 2.24) is 20.1 Å². The molecule has 7 rings (SSSR count). The van der Waals surface area contributed by atoms with Gasteiger partial charge in [0.15, 0.2) is 0 Å². The minimum absolute atomic E-state index is 0.00378. The number of nitrogens with zero attached hydrogens (tertiary/aromatic N) is 4. The molecule has 0 aliphatic carbocycles. The van der Waals surface area contributed by atoms with Crippen LogP contribution in [0, 0.1) is 0 Å². The van der Waals surface area contributed by atoms with Crippen LogP contribution in [0.15, 0.2) is 60.8 Å². The van der Waals surface area contributed by atoms with Crippen LogP contribution in [-0.4, -0.2) is 75.9 Å². The Morgan fingerprint density at radius 2 is 1.67 bits per heavy atom. The number of pyridine rings is 1. The summed E-state index contributed by atoms with van der Waals surface area (Å²) in [6.07, 6.45) is -0.567. The number of piperidine rings is 3.